The van der Waals surface area contributed by atoms with Crippen molar-refractivity contribution in [1.29, 1.82) is 0 Å². The maximum absolute atomic E-state index is 12.3. The first-order valence-corrected chi connectivity index (χ1v) is 4.13. The number of carbonyl (C=O) groups is 1. The molecular weight excluding hydrogens is 237 g/mol. The van der Waals surface area contributed by atoms with E-state index in [4.69, 9.17) is 28.9 Å². The first kappa shape index (κ1) is 11.1. The minimum Gasteiger partial charge on any atom is -0.383 e. The van der Waals surface area contributed by atoms with Crippen molar-refractivity contribution >= 4 is 34.3 Å². The molecule has 0 saturated heterocycles. The van der Waals surface area contributed by atoms with Gasteiger partial charge in [0.15, 0.2) is 0 Å². The van der Waals surface area contributed by atoms with Gasteiger partial charge in [-0.05, 0) is 17.7 Å². The van der Waals surface area contributed by atoms with E-state index in [0.29, 0.717) is 0 Å². The van der Waals surface area contributed by atoms with Gasteiger partial charge in [-0.3, -0.25) is 4.79 Å². The predicted octanol–water partition coefficient (Wildman–Crippen LogP) is 2.63. The van der Waals surface area contributed by atoms with Gasteiger partial charge in [-0.1, -0.05) is 11.6 Å². The quantitative estimate of drug-likeness (QED) is 0.809. The number of hydrogen-bond acceptors (Lipinski definition) is 3. The second kappa shape index (κ2) is 4.06. The first-order chi connectivity index (χ1) is 6.43. The van der Waals surface area contributed by atoms with Crippen LogP contribution in [0.15, 0.2) is 6.07 Å². The summed E-state index contributed by atoms with van der Waals surface area (Å²) in [5, 5.41) is -1.23. The maximum atomic E-state index is 12.3. The van der Waals surface area contributed by atoms with E-state index in [9.17, 15) is 13.6 Å². The van der Waals surface area contributed by atoms with E-state index in [-0.39, 0.29) is 10.7 Å². The third-order valence-electron chi connectivity index (χ3n) is 1.46. The minimum atomic E-state index is -2.84. The van der Waals surface area contributed by atoms with Crippen molar-refractivity contribution in [2.45, 2.75) is 6.43 Å². The Hall–Kier alpha value is -0.940. The van der Waals surface area contributed by atoms with Gasteiger partial charge in [0, 0.05) is 0 Å². The monoisotopic (exact) mass is 240 g/mol. The van der Waals surface area contributed by atoms with Crippen LogP contribution in [-0.4, -0.2) is 10.2 Å². The molecule has 0 bridgehead atoms. The van der Waals surface area contributed by atoms with Gasteiger partial charge in [0.1, 0.15) is 11.5 Å². The number of anilines is 1. The second-order valence-electron chi connectivity index (χ2n) is 2.36. The number of rotatable bonds is 2. The summed E-state index contributed by atoms with van der Waals surface area (Å²) >= 11 is 10.5. The molecule has 76 valence electrons. The molecule has 0 unspecified atom stereocenters. The van der Waals surface area contributed by atoms with Crippen LogP contribution >= 0.6 is 23.2 Å². The molecule has 1 rings (SSSR count). The Labute approximate surface area is 87.8 Å². The average molecular weight is 241 g/mol. The lowest BCUT2D eigenvalue weighted by atomic mass is 10.2. The molecule has 2 N–H and O–H groups in total. The molecule has 14 heavy (non-hydrogen) atoms. The summed E-state index contributed by atoms with van der Waals surface area (Å²) in [5.74, 6) is -0.489. The van der Waals surface area contributed by atoms with Crippen molar-refractivity contribution in [3.8, 4) is 0 Å². The largest absolute Gasteiger partial charge is 0.383 e. The number of alkyl halides is 2. The maximum Gasteiger partial charge on any atom is 0.270 e. The first-order valence-electron chi connectivity index (χ1n) is 3.37. The topological polar surface area (TPSA) is 56.0 Å². The lowest BCUT2D eigenvalue weighted by Gasteiger charge is -2.06. The van der Waals surface area contributed by atoms with Crippen LogP contribution in [0.1, 0.15) is 22.5 Å². The molecule has 1 heterocycles. The molecule has 0 fully saturated rings. The molecule has 7 heteroatoms. The lowest BCUT2D eigenvalue weighted by molar-refractivity contribution is 0.107. The molecule has 3 nitrogen and oxygen atoms in total. The fourth-order valence-electron chi connectivity index (χ4n) is 0.859. The van der Waals surface area contributed by atoms with Gasteiger partial charge in [0.25, 0.3) is 11.7 Å². The molecule has 0 aliphatic carbocycles. The highest BCUT2D eigenvalue weighted by Gasteiger charge is 2.19. The summed E-state index contributed by atoms with van der Waals surface area (Å²) in [4.78, 5) is 14.0. The van der Waals surface area contributed by atoms with Crippen LogP contribution < -0.4 is 5.73 Å². The number of pyridine rings is 1. The summed E-state index contributed by atoms with van der Waals surface area (Å²) in [6, 6.07) is 0.953. The number of nitrogens with zero attached hydrogens (tertiary/aromatic N) is 1. The third-order valence-corrected chi connectivity index (χ3v) is 1.96. The van der Waals surface area contributed by atoms with Crippen molar-refractivity contribution in [3.05, 3.63) is 22.3 Å². The van der Waals surface area contributed by atoms with Crippen molar-refractivity contribution in [1.82, 2.24) is 4.98 Å². The molecule has 0 aromatic carbocycles. The molecule has 0 aliphatic heterocycles. The SMILES string of the molecule is Nc1nc(C(=O)Cl)cc(Cl)c1C(F)F. The van der Waals surface area contributed by atoms with Crippen LogP contribution in [0.3, 0.4) is 0 Å². The van der Waals surface area contributed by atoms with Gasteiger partial charge in [0.05, 0.1) is 10.6 Å². The highest BCUT2D eigenvalue weighted by Crippen LogP contribution is 2.31. The van der Waals surface area contributed by atoms with Crippen LogP contribution in [-0.2, 0) is 0 Å². The molecule has 0 amide bonds. The summed E-state index contributed by atoms with van der Waals surface area (Å²) in [7, 11) is 0. The van der Waals surface area contributed by atoms with Crippen molar-refractivity contribution < 1.29 is 13.6 Å². The van der Waals surface area contributed by atoms with Gasteiger partial charge < -0.3 is 5.73 Å². The predicted molar refractivity (Wildman–Crippen MR) is 48.8 cm³/mol. The molecular formula is C7H4Cl2F2N2O. The fraction of sp³-hybridized carbons (Fsp3) is 0.143. The lowest BCUT2D eigenvalue weighted by Crippen LogP contribution is -2.04. The highest BCUT2D eigenvalue weighted by molar-refractivity contribution is 6.67. The summed E-state index contributed by atoms with van der Waals surface area (Å²) in [6.45, 7) is 0. The number of hydrogen-bond donors (Lipinski definition) is 1. The van der Waals surface area contributed by atoms with E-state index in [1.807, 2.05) is 0 Å². The van der Waals surface area contributed by atoms with Gasteiger partial charge in [0.2, 0.25) is 0 Å². The number of nitrogen functional groups attached to an aromatic ring is 1. The zero-order valence-corrected chi connectivity index (χ0v) is 8.11. The van der Waals surface area contributed by atoms with Crippen molar-refractivity contribution in [2.75, 3.05) is 5.73 Å². The Balaban J connectivity index is 3.32. The van der Waals surface area contributed by atoms with E-state index in [0.717, 1.165) is 6.07 Å². The van der Waals surface area contributed by atoms with Gasteiger partial charge in [-0.25, -0.2) is 13.8 Å². The van der Waals surface area contributed by atoms with Crippen LogP contribution in [0.5, 0.6) is 0 Å². The molecule has 0 saturated carbocycles. The van der Waals surface area contributed by atoms with Crippen molar-refractivity contribution in [3.63, 3.8) is 0 Å². The van der Waals surface area contributed by atoms with Crippen molar-refractivity contribution in [2.24, 2.45) is 0 Å². The average Bonchev–Trinajstić information content (AvgIpc) is 2.01. The molecule has 0 atom stereocenters. The van der Waals surface area contributed by atoms with Crippen LogP contribution in [0.4, 0.5) is 14.6 Å². The summed E-state index contributed by atoms with van der Waals surface area (Å²) < 4.78 is 24.6. The fourth-order valence-corrected chi connectivity index (χ4v) is 1.24. The molecule has 1 aromatic rings. The number of aromatic nitrogens is 1. The molecule has 0 radical (unpaired) electrons. The van der Waals surface area contributed by atoms with Gasteiger partial charge in [-0.2, -0.15) is 0 Å². The zero-order valence-electron chi connectivity index (χ0n) is 6.60. The van der Waals surface area contributed by atoms with E-state index < -0.39 is 23.0 Å². The number of carbonyl (C=O) groups excluding carboxylic acids is 1. The smallest absolute Gasteiger partial charge is 0.270 e. The Morgan fingerprint density at radius 1 is 1.57 bits per heavy atom. The minimum absolute atomic E-state index is 0.251. The zero-order chi connectivity index (χ0) is 10.9. The Morgan fingerprint density at radius 2 is 2.14 bits per heavy atom. The standard InChI is InChI=1S/C7H4Cl2F2N2O/c8-2-1-3(5(9)14)13-7(12)4(2)6(10)11/h1,6H,(H2,12,13). The van der Waals surface area contributed by atoms with Crippen LogP contribution in [0.2, 0.25) is 5.02 Å². The van der Waals surface area contributed by atoms with Crippen LogP contribution in [0, 0.1) is 0 Å². The Kier molecular flexibility index (Phi) is 3.23. The van der Waals surface area contributed by atoms with E-state index in [2.05, 4.69) is 4.98 Å². The summed E-state index contributed by atoms with van der Waals surface area (Å²) in [6.07, 6.45) is -2.84. The third kappa shape index (κ3) is 2.10. The number of nitrogens with two attached hydrogens (primary N) is 1. The van der Waals surface area contributed by atoms with E-state index in [1.165, 1.54) is 0 Å². The molecule has 1 aromatic heterocycles. The summed E-state index contributed by atoms with van der Waals surface area (Å²) in [5.41, 5.74) is 4.33. The van der Waals surface area contributed by atoms with E-state index >= 15 is 0 Å². The van der Waals surface area contributed by atoms with Gasteiger partial charge in [-0.15, -0.1) is 0 Å². The Bertz CT molecular complexity index is 361. The normalized spacial score (nSPS) is 10.6. The second-order valence-corrected chi connectivity index (χ2v) is 3.11. The number of halogens is 4. The van der Waals surface area contributed by atoms with Crippen LogP contribution in [0.25, 0.3) is 0 Å². The Morgan fingerprint density at radius 3 is 2.50 bits per heavy atom. The molecule has 0 aliphatic rings. The highest BCUT2D eigenvalue weighted by atomic mass is 35.5. The van der Waals surface area contributed by atoms with E-state index in [1.54, 1.807) is 0 Å². The van der Waals surface area contributed by atoms with Gasteiger partial charge >= 0.3 is 0 Å². The molecule has 0 spiro atoms.